The number of H-pyrrole nitrogens is 1. The molecular formula is C35H29N5O3. The standard InChI is InChI=1S/C35H29N5O3/c1-2-19-43-22-17-15-21(16-18-22)40-32(41)30-29-23-9-3-5-11-25(23)35(31(30)33(40)42,26-12-6-4-10-24(26)29)20-36-39-34-37-27-13-7-8-14-28(27)38-34/h3-18,20,29-31H,2,19H2,1H3,(H2,37,38,39)/b36-20-/t29?,30-,31-,35?/m1/s1. The molecule has 1 aromatic heterocycles. The second-order valence-corrected chi connectivity index (χ2v) is 11.4. The lowest BCUT2D eigenvalue weighted by molar-refractivity contribution is -0.122. The highest BCUT2D eigenvalue weighted by Gasteiger charge is 2.68. The Labute approximate surface area is 248 Å². The number of carbonyl (C=O) groups excluding carboxylic acids is 2. The minimum Gasteiger partial charge on any atom is -0.494 e. The summed E-state index contributed by atoms with van der Waals surface area (Å²) in [4.78, 5) is 38.1. The predicted octanol–water partition coefficient (Wildman–Crippen LogP) is 6.00. The first kappa shape index (κ1) is 25.5. The summed E-state index contributed by atoms with van der Waals surface area (Å²) < 4.78 is 5.75. The number of aromatic amines is 1. The molecule has 2 amide bonds. The van der Waals surface area contributed by atoms with Gasteiger partial charge in [0.2, 0.25) is 17.8 Å². The van der Waals surface area contributed by atoms with Crippen LogP contribution in [0.3, 0.4) is 0 Å². The van der Waals surface area contributed by atoms with E-state index in [0.29, 0.717) is 24.0 Å². The molecule has 3 aliphatic carbocycles. The number of fused-ring (bicyclic) bond motifs is 1. The number of para-hydroxylation sites is 2. The Balaban J connectivity index is 1.26. The molecular weight excluding hydrogens is 538 g/mol. The minimum atomic E-state index is -0.961. The molecule has 9 rings (SSSR count). The van der Waals surface area contributed by atoms with Crippen LogP contribution in [0.1, 0.15) is 41.5 Å². The summed E-state index contributed by atoms with van der Waals surface area (Å²) >= 11 is 0. The van der Waals surface area contributed by atoms with Gasteiger partial charge in [0, 0.05) is 12.1 Å². The maximum atomic E-state index is 14.5. The molecule has 0 spiro atoms. The predicted molar refractivity (Wildman–Crippen MR) is 165 cm³/mol. The van der Waals surface area contributed by atoms with Crippen LogP contribution in [0.4, 0.5) is 11.6 Å². The van der Waals surface area contributed by atoms with Crippen molar-refractivity contribution >= 4 is 40.7 Å². The molecule has 0 saturated carbocycles. The minimum absolute atomic E-state index is 0.186. The molecule has 8 nitrogen and oxygen atoms in total. The van der Waals surface area contributed by atoms with E-state index in [0.717, 1.165) is 39.7 Å². The number of aromatic nitrogens is 2. The Morgan fingerprint density at radius 1 is 0.907 bits per heavy atom. The number of ether oxygens (including phenoxy) is 1. The number of amides is 2. The molecule has 0 unspecified atom stereocenters. The molecule has 5 aromatic rings. The van der Waals surface area contributed by atoms with E-state index in [1.165, 1.54) is 4.90 Å². The quantitative estimate of drug-likeness (QED) is 0.143. The van der Waals surface area contributed by atoms with Crippen LogP contribution in [0.25, 0.3) is 11.0 Å². The van der Waals surface area contributed by atoms with Gasteiger partial charge in [0.1, 0.15) is 5.75 Å². The Kier molecular flexibility index (Phi) is 5.72. The fourth-order valence-corrected chi connectivity index (χ4v) is 7.42. The molecule has 8 heteroatoms. The number of benzene rings is 4. The van der Waals surface area contributed by atoms with Gasteiger partial charge < -0.3 is 9.72 Å². The van der Waals surface area contributed by atoms with Crippen LogP contribution >= 0.6 is 0 Å². The zero-order chi connectivity index (χ0) is 29.1. The number of nitrogens with zero attached hydrogens (tertiary/aromatic N) is 3. The number of hydrogen-bond acceptors (Lipinski definition) is 6. The monoisotopic (exact) mass is 567 g/mol. The maximum absolute atomic E-state index is 14.5. The summed E-state index contributed by atoms with van der Waals surface area (Å²) in [6, 6.07) is 31.3. The number of nitrogens with one attached hydrogen (secondary N) is 2. The first-order chi connectivity index (χ1) is 21.1. The van der Waals surface area contributed by atoms with E-state index < -0.39 is 17.3 Å². The first-order valence-electron chi connectivity index (χ1n) is 14.7. The van der Waals surface area contributed by atoms with Crippen LogP contribution in [0.5, 0.6) is 5.75 Å². The number of rotatable bonds is 7. The molecule has 2 bridgehead atoms. The fourth-order valence-electron chi connectivity index (χ4n) is 7.42. The van der Waals surface area contributed by atoms with Crippen LogP contribution in [0.2, 0.25) is 0 Å². The number of carbonyl (C=O) groups is 2. The lowest BCUT2D eigenvalue weighted by atomic mass is 9.47. The SMILES string of the molecule is CCCOc1ccc(N2C(=O)[C@@H]3C4c5ccccc5C(/C=N\Nc5nc6ccccc6[nH]5)(c5ccccc54)[C@H]3C2=O)cc1. The van der Waals surface area contributed by atoms with Crippen molar-refractivity contribution < 1.29 is 14.3 Å². The van der Waals surface area contributed by atoms with Crippen molar-refractivity contribution in [2.24, 2.45) is 16.9 Å². The van der Waals surface area contributed by atoms with Crippen molar-refractivity contribution in [3.8, 4) is 5.75 Å². The molecule has 0 radical (unpaired) electrons. The summed E-state index contributed by atoms with van der Waals surface area (Å²) in [5, 5.41) is 4.72. The summed E-state index contributed by atoms with van der Waals surface area (Å²) in [5.74, 6) is -0.655. The van der Waals surface area contributed by atoms with E-state index in [-0.39, 0.29) is 17.7 Å². The molecule has 1 aliphatic heterocycles. The van der Waals surface area contributed by atoms with E-state index in [2.05, 4.69) is 39.7 Å². The van der Waals surface area contributed by atoms with Gasteiger partial charge in [-0.25, -0.2) is 15.3 Å². The van der Waals surface area contributed by atoms with Gasteiger partial charge in [-0.15, -0.1) is 0 Å². The second kappa shape index (κ2) is 9.66. The summed E-state index contributed by atoms with van der Waals surface area (Å²) in [6.07, 6.45) is 2.72. The Hall–Kier alpha value is -5.24. The highest BCUT2D eigenvalue weighted by Crippen LogP contribution is 2.63. The van der Waals surface area contributed by atoms with Crippen LogP contribution < -0.4 is 15.1 Å². The number of imidazole rings is 1. The van der Waals surface area contributed by atoms with Gasteiger partial charge in [-0.2, -0.15) is 5.10 Å². The average Bonchev–Trinajstić information content (AvgIpc) is 3.58. The Bertz CT molecular complexity index is 1850. The molecule has 2 atom stereocenters. The summed E-state index contributed by atoms with van der Waals surface area (Å²) in [7, 11) is 0. The lowest BCUT2D eigenvalue weighted by Gasteiger charge is -2.52. The molecule has 1 fully saturated rings. The third-order valence-corrected chi connectivity index (χ3v) is 9.08. The third-order valence-electron chi connectivity index (χ3n) is 9.08. The molecule has 2 heterocycles. The summed E-state index contributed by atoms with van der Waals surface area (Å²) in [5.41, 5.74) is 8.50. The second-order valence-electron chi connectivity index (χ2n) is 11.4. The molecule has 212 valence electrons. The third kappa shape index (κ3) is 3.62. The van der Waals surface area contributed by atoms with Crippen molar-refractivity contribution in [3.05, 3.63) is 119 Å². The van der Waals surface area contributed by atoms with E-state index in [4.69, 9.17) is 9.84 Å². The molecule has 4 aliphatic rings. The van der Waals surface area contributed by atoms with Gasteiger partial charge in [0.25, 0.3) is 0 Å². The molecule has 1 saturated heterocycles. The molecule has 43 heavy (non-hydrogen) atoms. The van der Waals surface area contributed by atoms with E-state index in [1.807, 2.05) is 73.8 Å². The van der Waals surface area contributed by atoms with Gasteiger partial charge >= 0.3 is 0 Å². The Morgan fingerprint density at radius 3 is 2.28 bits per heavy atom. The highest BCUT2D eigenvalue weighted by atomic mass is 16.5. The van der Waals surface area contributed by atoms with Gasteiger partial charge in [0.05, 0.1) is 40.6 Å². The van der Waals surface area contributed by atoms with Crippen LogP contribution in [-0.4, -0.2) is 34.6 Å². The number of imide groups is 1. The van der Waals surface area contributed by atoms with E-state index in [1.54, 1.807) is 12.1 Å². The number of anilines is 2. The van der Waals surface area contributed by atoms with Crippen molar-refractivity contribution in [2.75, 3.05) is 16.9 Å². The largest absolute Gasteiger partial charge is 0.494 e. The molecule has 2 N–H and O–H groups in total. The zero-order valence-electron chi connectivity index (χ0n) is 23.5. The summed E-state index contributed by atoms with van der Waals surface area (Å²) in [6.45, 7) is 2.65. The topological polar surface area (TPSA) is 99.7 Å². The number of hydrogen-bond donors (Lipinski definition) is 2. The van der Waals surface area contributed by atoms with E-state index in [9.17, 15) is 9.59 Å². The van der Waals surface area contributed by atoms with Crippen LogP contribution in [0, 0.1) is 11.8 Å². The highest BCUT2D eigenvalue weighted by molar-refractivity contribution is 6.25. The van der Waals surface area contributed by atoms with Gasteiger partial charge in [0.15, 0.2) is 0 Å². The van der Waals surface area contributed by atoms with Crippen LogP contribution in [-0.2, 0) is 15.0 Å². The smallest absolute Gasteiger partial charge is 0.239 e. The van der Waals surface area contributed by atoms with Crippen molar-refractivity contribution in [2.45, 2.75) is 24.7 Å². The number of hydrazone groups is 1. The maximum Gasteiger partial charge on any atom is 0.239 e. The van der Waals surface area contributed by atoms with Crippen molar-refractivity contribution in [1.82, 2.24) is 9.97 Å². The fraction of sp³-hybridized carbons (Fsp3) is 0.200. The van der Waals surface area contributed by atoms with Gasteiger partial charge in [-0.1, -0.05) is 67.6 Å². The Morgan fingerprint density at radius 2 is 1.58 bits per heavy atom. The van der Waals surface area contributed by atoms with Crippen LogP contribution in [0.15, 0.2) is 102 Å². The van der Waals surface area contributed by atoms with Gasteiger partial charge in [-0.05, 0) is 65.1 Å². The van der Waals surface area contributed by atoms with E-state index >= 15 is 0 Å². The average molecular weight is 568 g/mol. The lowest BCUT2D eigenvalue weighted by Crippen LogP contribution is -2.54. The van der Waals surface area contributed by atoms with Gasteiger partial charge in [-0.3, -0.25) is 9.59 Å². The molecule has 4 aromatic carbocycles. The first-order valence-corrected chi connectivity index (χ1v) is 14.7. The zero-order valence-corrected chi connectivity index (χ0v) is 23.5. The van der Waals surface area contributed by atoms with Crippen molar-refractivity contribution in [3.63, 3.8) is 0 Å². The van der Waals surface area contributed by atoms with Crippen molar-refractivity contribution in [1.29, 1.82) is 0 Å². The normalized spacial score (nSPS) is 23.5.